The number of allylic oxidation sites excluding steroid dienone is 1. The normalized spacial score (nSPS) is 22.3. The van der Waals surface area contributed by atoms with Crippen LogP contribution in [0.5, 0.6) is 0 Å². The molecule has 15 heavy (non-hydrogen) atoms. The highest BCUT2D eigenvalue weighted by molar-refractivity contribution is 9.10. The third-order valence-corrected chi connectivity index (χ3v) is 4.46. The molecule has 0 spiro atoms. The van der Waals surface area contributed by atoms with Gasteiger partial charge in [0.05, 0.1) is 0 Å². The number of thiophene rings is 1. The summed E-state index contributed by atoms with van der Waals surface area (Å²) in [5.41, 5.74) is 7.52. The van der Waals surface area contributed by atoms with Crippen LogP contribution in [0, 0.1) is 0 Å². The second kappa shape index (κ2) is 5.28. The molecule has 2 N–H and O–H groups in total. The second-order valence-electron chi connectivity index (χ2n) is 4.14. The average molecular weight is 286 g/mol. The lowest BCUT2D eigenvalue weighted by molar-refractivity contribution is 0.654. The minimum Gasteiger partial charge on any atom is -0.324 e. The van der Waals surface area contributed by atoms with Crippen LogP contribution in [0.25, 0.3) is 0 Å². The van der Waals surface area contributed by atoms with E-state index in [4.69, 9.17) is 5.73 Å². The Balaban J connectivity index is 2.04. The maximum Gasteiger partial charge on any atom is 0.0285 e. The van der Waals surface area contributed by atoms with E-state index in [1.807, 2.05) is 11.3 Å². The van der Waals surface area contributed by atoms with Crippen LogP contribution < -0.4 is 5.73 Å². The Morgan fingerprint density at radius 2 is 2.33 bits per heavy atom. The Morgan fingerprint density at radius 3 is 3.07 bits per heavy atom. The fourth-order valence-electron chi connectivity index (χ4n) is 2.02. The third kappa shape index (κ3) is 3.44. The van der Waals surface area contributed by atoms with Gasteiger partial charge in [0.1, 0.15) is 0 Å². The van der Waals surface area contributed by atoms with Crippen molar-refractivity contribution in [2.45, 2.75) is 38.1 Å². The predicted octanol–water partition coefficient (Wildman–Crippen LogP) is 3.88. The summed E-state index contributed by atoms with van der Waals surface area (Å²) in [4.78, 5) is 1.43. The van der Waals surface area contributed by atoms with Crippen molar-refractivity contribution < 1.29 is 0 Å². The van der Waals surface area contributed by atoms with Gasteiger partial charge in [0, 0.05) is 27.2 Å². The van der Waals surface area contributed by atoms with E-state index < -0.39 is 0 Å². The Hall–Kier alpha value is -0.120. The Labute approximate surface area is 104 Å². The molecule has 3 heteroatoms. The van der Waals surface area contributed by atoms with Gasteiger partial charge in [0.2, 0.25) is 0 Å². The highest BCUT2D eigenvalue weighted by Gasteiger charge is 2.09. The smallest absolute Gasteiger partial charge is 0.0285 e. The maximum atomic E-state index is 6.00. The summed E-state index contributed by atoms with van der Waals surface area (Å²) in [6, 6.07) is 2.49. The Kier molecular flexibility index (Phi) is 4.00. The van der Waals surface area contributed by atoms with Gasteiger partial charge in [0.15, 0.2) is 0 Å². The predicted molar refractivity (Wildman–Crippen MR) is 70.2 cm³/mol. The molecule has 1 aliphatic rings. The van der Waals surface area contributed by atoms with Crippen molar-refractivity contribution in [2.24, 2.45) is 5.73 Å². The number of hydrogen-bond acceptors (Lipinski definition) is 2. The molecule has 1 unspecified atom stereocenters. The van der Waals surface area contributed by atoms with Gasteiger partial charge >= 0.3 is 0 Å². The molecule has 1 aliphatic carbocycles. The van der Waals surface area contributed by atoms with Crippen molar-refractivity contribution in [2.75, 3.05) is 0 Å². The van der Waals surface area contributed by atoms with Crippen LogP contribution in [0.15, 0.2) is 27.6 Å². The van der Waals surface area contributed by atoms with E-state index in [-0.39, 0.29) is 6.04 Å². The molecule has 0 radical (unpaired) electrons. The number of rotatable bonds is 2. The van der Waals surface area contributed by atoms with Crippen molar-refractivity contribution in [1.82, 2.24) is 0 Å². The van der Waals surface area contributed by atoms with Gasteiger partial charge in [-0.3, -0.25) is 0 Å². The second-order valence-corrected chi connectivity index (χ2v) is 6.05. The zero-order valence-electron chi connectivity index (χ0n) is 8.71. The molecule has 1 atom stereocenters. The molecule has 82 valence electrons. The molecule has 0 saturated heterocycles. The van der Waals surface area contributed by atoms with E-state index in [2.05, 4.69) is 33.5 Å². The zero-order chi connectivity index (χ0) is 10.7. The van der Waals surface area contributed by atoms with Crippen LogP contribution in [0.1, 0.15) is 30.6 Å². The monoisotopic (exact) mass is 285 g/mol. The van der Waals surface area contributed by atoms with Crippen LogP contribution in [0.2, 0.25) is 0 Å². The summed E-state index contributed by atoms with van der Waals surface area (Å²) in [6.45, 7) is 0. The quantitative estimate of drug-likeness (QED) is 0.820. The molecule has 2 rings (SSSR count). The lowest BCUT2D eigenvalue weighted by Gasteiger charge is -2.04. The molecule has 1 nitrogen and oxygen atoms in total. The van der Waals surface area contributed by atoms with Gasteiger partial charge in [-0.15, -0.1) is 11.3 Å². The molecule has 1 heterocycles. The molecule has 0 fully saturated rings. The minimum atomic E-state index is 0.283. The molecule has 0 aliphatic heterocycles. The molecular weight excluding hydrogens is 270 g/mol. The van der Waals surface area contributed by atoms with E-state index in [1.165, 1.54) is 34.2 Å². The first-order valence-corrected chi connectivity index (χ1v) is 7.09. The van der Waals surface area contributed by atoms with Crippen LogP contribution >= 0.6 is 27.3 Å². The van der Waals surface area contributed by atoms with Crippen LogP contribution in [-0.2, 0) is 6.42 Å². The van der Waals surface area contributed by atoms with Crippen LogP contribution in [0.4, 0.5) is 0 Å². The van der Waals surface area contributed by atoms with E-state index in [0.29, 0.717) is 0 Å². The zero-order valence-corrected chi connectivity index (χ0v) is 11.1. The topological polar surface area (TPSA) is 26.0 Å². The fourth-order valence-corrected chi connectivity index (χ4v) is 3.52. The van der Waals surface area contributed by atoms with Crippen LogP contribution in [-0.4, -0.2) is 6.04 Å². The first-order chi connectivity index (χ1) is 7.24. The molecular formula is C12H16BrNS. The minimum absolute atomic E-state index is 0.283. The first kappa shape index (κ1) is 11.4. The third-order valence-electron chi connectivity index (χ3n) is 2.76. The number of nitrogens with two attached hydrogens (primary N) is 1. The van der Waals surface area contributed by atoms with E-state index in [9.17, 15) is 0 Å². The van der Waals surface area contributed by atoms with E-state index in [0.717, 1.165) is 12.8 Å². The van der Waals surface area contributed by atoms with Gasteiger partial charge < -0.3 is 5.73 Å². The lowest BCUT2D eigenvalue weighted by atomic mass is 10.1. The summed E-state index contributed by atoms with van der Waals surface area (Å²) in [6.07, 6.45) is 8.31. The van der Waals surface area contributed by atoms with Gasteiger partial charge in [-0.25, -0.2) is 0 Å². The highest BCUT2D eigenvalue weighted by atomic mass is 79.9. The molecule has 1 aromatic rings. The summed E-state index contributed by atoms with van der Waals surface area (Å²) in [7, 11) is 0. The molecule has 0 saturated carbocycles. The van der Waals surface area contributed by atoms with Crippen molar-refractivity contribution >= 4 is 27.3 Å². The average Bonchev–Trinajstić information content (AvgIpc) is 2.46. The van der Waals surface area contributed by atoms with Crippen LogP contribution in [0.3, 0.4) is 0 Å². The summed E-state index contributed by atoms with van der Waals surface area (Å²) < 4.78 is 1.20. The van der Waals surface area contributed by atoms with E-state index in [1.54, 1.807) is 0 Å². The van der Waals surface area contributed by atoms with Gasteiger partial charge in [-0.1, -0.05) is 18.1 Å². The molecule has 0 bridgehead atoms. The van der Waals surface area contributed by atoms with Crippen molar-refractivity contribution in [3.63, 3.8) is 0 Å². The summed E-state index contributed by atoms with van der Waals surface area (Å²) >= 11 is 5.31. The van der Waals surface area contributed by atoms with Gasteiger partial charge in [-0.2, -0.15) is 0 Å². The van der Waals surface area contributed by atoms with Gasteiger partial charge in [-0.05, 0) is 41.3 Å². The lowest BCUT2D eigenvalue weighted by Crippen LogP contribution is -2.15. The number of hydrogen-bond donors (Lipinski definition) is 1. The SMILES string of the molecule is NC1C=C(Cc2cc(Br)cs2)CCCC1. The Bertz CT molecular complexity index is 356. The largest absolute Gasteiger partial charge is 0.324 e. The fraction of sp³-hybridized carbons (Fsp3) is 0.500. The molecule has 1 aromatic heterocycles. The summed E-state index contributed by atoms with van der Waals surface area (Å²) in [5, 5.41) is 2.15. The van der Waals surface area contributed by atoms with E-state index >= 15 is 0 Å². The maximum absolute atomic E-state index is 6.00. The van der Waals surface area contributed by atoms with Crippen molar-refractivity contribution in [1.29, 1.82) is 0 Å². The van der Waals surface area contributed by atoms with Gasteiger partial charge in [0.25, 0.3) is 0 Å². The van der Waals surface area contributed by atoms with Crippen molar-refractivity contribution in [3.05, 3.63) is 32.4 Å². The summed E-state index contributed by atoms with van der Waals surface area (Å²) in [5.74, 6) is 0. The number of halogens is 1. The standard InChI is InChI=1S/C12H16BrNS/c13-10-7-12(15-8-10)6-9-3-1-2-4-11(14)5-9/h5,7-8,11H,1-4,6,14H2. The Morgan fingerprint density at radius 1 is 1.47 bits per heavy atom. The highest BCUT2D eigenvalue weighted by Crippen LogP contribution is 2.25. The molecule has 0 aromatic carbocycles. The van der Waals surface area contributed by atoms with Crippen molar-refractivity contribution in [3.8, 4) is 0 Å². The molecule has 0 amide bonds. The first-order valence-electron chi connectivity index (χ1n) is 5.42.